The van der Waals surface area contributed by atoms with Gasteiger partial charge >= 0.3 is 0 Å². The van der Waals surface area contributed by atoms with E-state index in [2.05, 4.69) is 26.8 Å². The Morgan fingerprint density at radius 1 is 1.29 bits per heavy atom. The molecule has 1 aliphatic heterocycles. The zero-order chi connectivity index (χ0) is 16.5. The van der Waals surface area contributed by atoms with Crippen molar-refractivity contribution in [1.29, 1.82) is 0 Å². The molecule has 0 saturated heterocycles. The van der Waals surface area contributed by atoms with Gasteiger partial charge in [-0.1, -0.05) is 6.42 Å². The lowest BCUT2D eigenvalue weighted by Gasteiger charge is -2.39. The highest BCUT2D eigenvalue weighted by Gasteiger charge is 2.30. The van der Waals surface area contributed by atoms with E-state index < -0.39 is 0 Å². The third-order valence-electron chi connectivity index (χ3n) is 5.39. The van der Waals surface area contributed by atoms with E-state index in [-0.39, 0.29) is 0 Å². The van der Waals surface area contributed by atoms with Crippen molar-refractivity contribution >= 4 is 11.3 Å². The zero-order valence-electron chi connectivity index (χ0n) is 14.6. The summed E-state index contributed by atoms with van der Waals surface area (Å²) in [5.41, 5.74) is 2.21. The summed E-state index contributed by atoms with van der Waals surface area (Å²) in [7, 11) is 0. The van der Waals surface area contributed by atoms with Crippen molar-refractivity contribution in [2.45, 2.75) is 58.9 Å². The molecule has 1 fully saturated rings. The van der Waals surface area contributed by atoms with E-state index in [1.54, 1.807) is 11.3 Å². The largest absolute Gasteiger partial charge is 0.369 e. The molecule has 6 heteroatoms. The van der Waals surface area contributed by atoms with Crippen molar-refractivity contribution in [2.75, 3.05) is 13.1 Å². The second-order valence-electron chi connectivity index (χ2n) is 7.08. The fraction of sp³-hybridized carbons (Fsp3) is 0.667. The molecule has 5 nitrogen and oxygen atoms in total. The number of ether oxygens (including phenoxy) is 1. The summed E-state index contributed by atoms with van der Waals surface area (Å²) in [5.74, 6) is 2.11. The van der Waals surface area contributed by atoms with E-state index in [1.807, 2.05) is 13.1 Å². The highest BCUT2D eigenvalue weighted by Crippen LogP contribution is 2.32. The molecule has 0 amide bonds. The van der Waals surface area contributed by atoms with Gasteiger partial charge in [-0.3, -0.25) is 4.90 Å². The van der Waals surface area contributed by atoms with Crippen LogP contribution in [0.3, 0.4) is 0 Å². The van der Waals surface area contributed by atoms with Gasteiger partial charge in [0.25, 0.3) is 0 Å². The predicted molar refractivity (Wildman–Crippen MR) is 94.9 cm³/mol. The lowest BCUT2D eigenvalue weighted by atomic mass is 9.84. The minimum Gasteiger partial charge on any atom is -0.369 e. The van der Waals surface area contributed by atoms with Crippen molar-refractivity contribution in [2.24, 2.45) is 5.92 Å². The van der Waals surface area contributed by atoms with Gasteiger partial charge in [-0.05, 0) is 32.6 Å². The molecule has 1 unspecified atom stereocenters. The number of aromatic nitrogens is 3. The number of aryl methyl sites for hydroxylation is 1. The molecule has 24 heavy (non-hydrogen) atoms. The molecule has 0 bridgehead atoms. The summed E-state index contributed by atoms with van der Waals surface area (Å²) >= 11 is 1.67. The summed E-state index contributed by atoms with van der Waals surface area (Å²) in [6.07, 6.45) is 6.23. The summed E-state index contributed by atoms with van der Waals surface area (Å²) < 4.78 is 8.22. The second kappa shape index (κ2) is 6.94. The van der Waals surface area contributed by atoms with Gasteiger partial charge in [0.2, 0.25) is 0 Å². The third-order valence-corrected chi connectivity index (χ3v) is 6.21. The highest BCUT2D eigenvalue weighted by molar-refractivity contribution is 7.09. The number of hydrogen-bond acceptors (Lipinski definition) is 5. The number of rotatable bonds is 6. The van der Waals surface area contributed by atoms with E-state index in [9.17, 15) is 0 Å². The molecule has 1 saturated carbocycles. The summed E-state index contributed by atoms with van der Waals surface area (Å²) in [6, 6.07) is 0.411. The molecule has 2 aromatic heterocycles. The van der Waals surface area contributed by atoms with Crippen molar-refractivity contribution in [3.63, 3.8) is 0 Å². The van der Waals surface area contributed by atoms with Crippen LogP contribution in [0.5, 0.6) is 0 Å². The van der Waals surface area contributed by atoms with E-state index >= 15 is 0 Å². The van der Waals surface area contributed by atoms with Gasteiger partial charge in [-0.2, -0.15) is 0 Å². The van der Waals surface area contributed by atoms with Gasteiger partial charge in [-0.25, -0.2) is 9.97 Å². The first kappa shape index (κ1) is 16.2. The lowest BCUT2D eigenvalue weighted by molar-refractivity contribution is 0.0897. The Labute approximate surface area is 147 Å². The van der Waals surface area contributed by atoms with E-state index in [0.717, 1.165) is 29.7 Å². The fourth-order valence-corrected chi connectivity index (χ4v) is 4.31. The standard InChI is InChI=1S/C18H26N4OS/c1-13-18-19-8-17(11-23-10-16-12-24-14(2)20-16)22(18)7-6-21(13)9-15-4-3-5-15/h8,12-13,15H,3-7,9-11H2,1-2H3. The molecule has 2 aromatic rings. The first-order valence-electron chi connectivity index (χ1n) is 8.98. The molecule has 1 aliphatic carbocycles. The normalized spacial score (nSPS) is 21.7. The monoisotopic (exact) mass is 346 g/mol. The second-order valence-corrected chi connectivity index (χ2v) is 8.14. The molecule has 1 atom stereocenters. The predicted octanol–water partition coefficient (Wildman–Crippen LogP) is 3.54. The number of nitrogens with zero attached hydrogens (tertiary/aromatic N) is 4. The Kier molecular flexibility index (Phi) is 4.70. The maximum Gasteiger partial charge on any atom is 0.126 e. The lowest BCUT2D eigenvalue weighted by Crippen LogP contribution is -2.41. The number of fused-ring (bicyclic) bond motifs is 1. The third kappa shape index (κ3) is 3.27. The quantitative estimate of drug-likeness (QED) is 0.802. The molecule has 130 valence electrons. The number of thiazole rings is 1. The average molecular weight is 347 g/mol. The van der Waals surface area contributed by atoms with E-state index in [1.165, 1.54) is 37.3 Å². The minimum atomic E-state index is 0.411. The Morgan fingerprint density at radius 2 is 2.17 bits per heavy atom. The maximum atomic E-state index is 5.87. The van der Waals surface area contributed by atoms with Gasteiger partial charge < -0.3 is 9.30 Å². The van der Waals surface area contributed by atoms with Crippen molar-refractivity contribution < 1.29 is 4.74 Å². The average Bonchev–Trinajstić information content (AvgIpc) is 3.12. The molecule has 2 aliphatic rings. The highest BCUT2D eigenvalue weighted by atomic mass is 32.1. The van der Waals surface area contributed by atoms with Crippen LogP contribution in [0.4, 0.5) is 0 Å². The van der Waals surface area contributed by atoms with Crippen LogP contribution in [-0.2, 0) is 24.5 Å². The first-order chi connectivity index (χ1) is 11.7. The Balaban J connectivity index is 1.36. The zero-order valence-corrected chi connectivity index (χ0v) is 15.4. The van der Waals surface area contributed by atoms with Gasteiger partial charge in [0.05, 0.1) is 41.8 Å². The van der Waals surface area contributed by atoms with Crippen LogP contribution in [0.15, 0.2) is 11.6 Å². The first-order valence-corrected chi connectivity index (χ1v) is 9.86. The van der Waals surface area contributed by atoms with Crippen LogP contribution in [-0.4, -0.2) is 32.5 Å². The molecule has 0 radical (unpaired) electrons. The van der Waals surface area contributed by atoms with Crippen LogP contribution in [0, 0.1) is 12.8 Å². The summed E-state index contributed by atoms with van der Waals surface area (Å²) in [4.78, 5) is 11.7. The van der Waals surface area contributed by atoms with Gasteiger partial charge in [0.15, 0.2) is 0 Å². The van der Waals surface area contributed by atoms with Crippen molar-refractivity contribution in [3.05, 3.63) is 33.8 Å². The van der Waals surface area contributed by atoms with E-state index in [4.69, 9.17) is 9.72 Å². The van der Waals surface area contributed by atoms with Gasteiger partial charge in [0.1, 0.15) is 5.82 Å². The van der Waals surface area contributed by atoms with Gasteiger partial charge in [-0.15, -0.1) is 11.3 Å². The van der Waals surface area contributed by atoms with Crippen LogP contribution >= 0.6 is 11.3 Å². The molecular formula is C18H26N4OS. The number of imidazole rings is 1. The number of hydrogen-bond donors (Lipinski definition) is 0. The Morgan fingerprint density at radius 3 is 2.88 bits per heavy atom. The van der Waals surface area contributed by atoms with Crippen LogP contribution in [0.25, 0.3) is 0 Å². The minimum absolute atomic E-state index is 0.411. The maximum absolute atomic E-state index is 5.87. The van der Waals surface area contributed by atoms with Crippen molar-refractivity contribution in [1.82, 2.24) is 19.4 Å². The summed E-state index contributed by atoms with van der Waals surface area (Å²) in [6.45, 7) is 8.90. The molecule has 0 N–H and O–H groups in total. The Hall–Kier alpha value is -1.24. The van der Waals surface area contributed by atoms with Crippen molar-refractivity contribution in [3.8, 4) is 0 Å². The smallest absolute Gasteiger partial charge is 0.126 e. The van der Waals surface area contributed by atoms with Crippen LogP contribution < -0.4 is 0 Å². The SMILES string of the molecule is Cc1nc(COCc2cnc3n2CCN(CC2CCC2)C3C)cs1. The Bertz CT molecular complexity index is 691. The van der Waals surface area contributed by atoms with E-state index in [0.29, 0.717) is 19.3 Å². The van der Waals surface area contributed by atoms with Crippen LogP contribution in [0.1, 0.15) is 54.4 Å². The molecular weight excluding hydrogens is 320 g/mol. The summed E-state index contributed by atoms with van der Waals surface area (Å²) in [5, 5.41) is 3.16. The molecule has 3 heterocycles. The molecule has 0 spiro atoms. The fourth-order valence-electron chi connectivity index (χ4n) is 3.71. The molecule has 0 aromatic carbocycles. The van der Waals surface area contributed by atoms with Gasteiger partial charge in [0, 0.05) is 25.0 Å². The molecule has 4 rings (SSSR count). The van der Waals surface area contributed by atoms with Crippen LogP contribution in [0.2, 0.25) is 0 Å². The topological polar surface area (TPSA) is 43.2 Å².